The number of nitrogens with one attached hydrogen (secondary N) is 2. The van der Waals surface area contributed by atoms with Crippen LogP contribution in [0, 0.1) is 5.92 Å². The zero-order valence-corrected chi connectivity index (χ0v) is 9.69. The van der Waals surface area contributed by atoms with Crippen LogP contribution in [0.1, 0.15) is 12.8 Å². The Hall–Kier alpha value is -1.62. The average Bonchev–Trinajstić information content (AvgIpc) is 2.39. The van der Waals surface area contributed by atoms with Crippen LogP contribution in [0.3, 0.4) is 0 Å². The lowest BCUT2D eigenvalue weighted by molar-refractivity contribution is 0.0671. The second-order valence-corrected chi connectivity index (χ2v) is 4.11. The molecule has 5 nitrogen and oxygen atoms in total. The van der Waals surface area contributed by atoms with Gasteiger partial charge in [-0.3, -0.25) is 5.32 Å². The summed E-state index contributed by atoms with van der Waals surface area (Å²) in [7, 11) is 0. The minimum atomic E-state index is -0.199. The predicted octanol–water partition coefficient (Wildman–Crippen LogP) is 1.63. The molecule has 2 amide bonds. The third-order valence-corrected chi connectivity index (χ3v) is 2.80. The van der Waals surface area contributed by atoms with Crippen molar-refractivity contribution in [1.29, 1.82) is 0 Å². The number of amides is 2. The van der Waals surface area contributed by atoms with Gasteiger partial charge >= 0.3 is 6.03 Å². The molecule has 1 aromatic heterocycles. The number of carbonyl (C=O) groups is 1. The summed E-state index contributed by atoms with van der Waals surface area (Å²) in [5.74, 6) is 1.09. The van der Waals surface area contributed by atoms with Crippen LogP contribution in [0.25, 0.3) is 0 Å². The highest BCUT2D eigenvalue weighted by Crippen LogP contribution is 2.13. The number of pyridine rings is 1. The van der Waals surface area contributed by atoms with Crippen LogP contribution in [0.2, 0.25) is 0 Å². The van der Waals surface area contributed by atoms with Gasteiger partial charge < -0.3 is 10.1 Å². The van der Waals surface area contributed by atoms with Crippen LogP contribution in [0.5, 0.6) is 0 Å². The number of carbonyl (C=O) groups excluding carboxylic acids is 1. The summed E-state index contributed by atoms with van der Waals surface area (Å²) < 4.78 is 5.26. The lowest BCUT2D eigenvalue weighted by atomic mass is 10.0. The molecule has 2 heterocycles. The molecule has 2 rings (SSSR count). The molecule has 0 aliphatic carbocycles. The van der Waals surface area contributed by atoms with Gasteiger partial charge in [0.2, 0.25) is 0 Å². The Balaban J connectivity index is 1.70. The first-order valence-corrected chi connectivity index (χ1v) is 5.88. The van der Waals surface area contributed by atoms with E-state index in [1.54, 1.807) is 12.3 Å². The molecule has 17 heavy (non-hydrogen) atoms. The fraction of sp³-hybridized carbons (Fsp3) is 0.500. The van der Waals surface area contributed by atoms with E-state index in [1.807, 2.05) is 12.1 Å². The van der Waals surface area contributed by atoms with Crippen LogP contribution in [-0.4, -0.2) is 30.8 Å². The summed E-state index contributed by atoms with van der Waals surface area (Å²) >= 11 is 0. The first kappa shape index (κ1) is 11.9. The summed E-state index contributed by atoms with van der Waals surface area (Å²) in [6, 6.07) is 5.20. The molecule has 0 saturated carbocycles. The number of ether oxygens (including phenoxy) is 1. The van der Waals surface area contributed by atoms with Crippen LogP contribution in [0.4, 0.5) is 10.6 Å². The molecule has 0 radical (unpaired) electrons. The Labute approximate surface area is 101 Å². The van der Waals surface area contributed by atoms with Gasteiger partial charge in [-0.15, -0.1) is 0 Å². The lowest BCUT2D eigenvalue weighted by Gasteiger charge is -2.22. The van der Waals surface area contributed by atoms with Crippen molar-refractivity contribution in [3.8, 4) is 0 Å². The third-order valence-electron chi connectivity index (χ3n) is 2.80. The molecule has 1 aliphatic rings. The van der Waals surface area contributed by atoms with E-state index in [4.69, 9.17) is 4.74 Å². The summed E-state index contributed by atoms with van der Waals surface area (Å²) in [6.07, 6.45) is 3.68. The molecule has 0 aromatic carbocycles. The molecular formula is C12H17N3O2. The average molecular weight is 235 g/mol. The summed E-state index contributed by atoms with van der Waals surface area (Å²) in [5.41, 5.74) is 0. The Morgan fingerprint density at radius 2 is 2.24 bits per heavy atom. The molecule has 0 unspecified atom stereocenters. The maximum atomic E-state index is 11.6. The van der Waals surface area contributed by atoms with E-state index in [1.165, 1.54) is 0 Å². The highest BCUT2D eigenvalue weighted by atomic mass is 16.5. The SMILES string of the molecule is O=C(NCC1CCOCC1)Nc1ccccn1. The van der Waals surface area contributed by atoms with Gasteiger partial charge in [-0.05, 0) is 30.9 Å². The molecule has 5 heteroatoms. The van der Waals surface area contributed by atoms with Crippen LogP contribution in [-0.2, 0) is 4.74 Å². The fourth-order valence-corrected chi connectivity index (χ4v) is 1.78. The highest BCUT2D eigenvalue weighted by molar-refractivity contribution is 5.88. The molecule has 1 saturated heterocycles. The molecule has 0 bridgehead atoms. The van der Waals surface area contributed by atoms with Crippen molar-refractivity contribution in [2.24, 2.45) is 5.92 Å². The molecule has 0 spiro atoms. The first-order valence-electron chi connectivity index (χ1n) is 5.88. The van der Waals surface area contributed by atoms with E-state index in [0.29, 0.717) is 18.3 Å². The molecule has 1 fully saturated rings. The summed E-state index contributed by atoms with van der Waals surface area (Å²) in [4.78, 5) is 15.6. The topological polar surface area (TPSA) is 63.2 Å². The van der Waals surface area contributed by atoms with Crippen molar-refractivity contribution in [3.63, 3.8) is 0 Å². The Morgan fingerprint density at radius 3 is 2.94 bits per heavy atom. The van der Waals surface area contributed by atoms with Crippen molar-refractivity contribution in [2.75, 3.05) is 25.1 Å². The van der Waals surface area contributed by atoms with E-state index in [-0.39, 0.29) is 6.03 Å². The highest BCUT2D eigenvalue weighted by Gasteiger charge is 2.14. The zero-order valence-electron chi connectivity index (χ0n) is 9.69. The Morgan fingerprint density at radius 1 is 1.41 bits per heavy atom. The number of rotatable bonds is 3. The van der Waals surface area contributed by atoms with Gasteiger partial charge in [-0.2, -0.15) is 0 Å². The van der Waals surface area contributed by atoms with E-state index < -0.39 is 0 Å². The van der Waals surface area contributed by atoms with Gasteiger partial charge in [-0.1, -0.05) is 6.07 Å². The predicted molar refractivity (Wildman–Crippen MR) is 64.8 cm³/mol. The normalized spacial score (nSPS) is 16.5. The van der Waals surface area contributed by atoms with Crippen LogP contribution < -0.4 is 10.6 Å². The number of anilines is 1. The number of urea groups is 1. The van der Waals surface area contributed by atoms with Gasteiger partial charge in [0.1, 0.15) is 5.82 Å². The van der Waals surface area contributed by atoms with Crippen LogP contribution >= 0.6 is 0 Å². The minimum absolute atomic E-state index is 0.199. The Bertz CT molecular complexity index is 350. The fourth-order valence-electron chi connectivity index (χ4n) is 1.78. The molecular weight excluding hydrogens is 218 g/mol. The second kappa shape index (κ2) is 6.20. The van der Waals surface area contributed by atoms with Crippen molar-refractivity contribution < 1.29 is 9.53 Å². The van der Waals surface area contributed by atoms with E-state index >= 15 is 0 Å². The molecule has 92 valence electrons. The van der Waals surface area contributed by atoms with Crippen LogP contribution in [0.15, 0.2) is 24.4 Å². The third kappa shape index (κ3) is 4.03. The zero-order chi connectivity index (χ0) is 11.9. The second-order valence-electron chi connectivity index (χ2n) is 4.11. The Kier molecular flexibility index (Phi) is 4.32. The minimum Gasteiger partial charge on any atom is -0.381 e. The van der Waals surface area contributed by atoms with Crippen molar-refractivity contribution in [3.05, 3.63) is 24.4 Å². The monoisotopic (exact) mass is 235 g/mol. The number of hydrogen-bond acceptors (Lipinski definition) is 3. The molecule has 1 aliphatic heterocycles. The van der Waals surface area contributed by atoms with Crippen molar-refractivity contribution in [2.45, 2.75) is 12.8 Å². The molecule has 0 atom stereocenters. The van der Waals surface area contributed by atoms with Gasteiger partial charge in [-0.25, -0.2) is 9.78 Å². The number of hydrogen-bond donors (Lipinski definition) is 2. The number of aromatic nitrogens is 1. The summed E-state index contributed by atoms with van der Waals surface area (Å²) in [5, 5.41) is 5.54. The molecule has 1 aromatic rings. The largest absolute Gasteiger partial charge is 0.381 e. The quantitative estimate of drug-likeness (QED) is 0.837. The van der Waals surface area contributed by atoms with Gasteiger partial charge in [0.15, 0.2) is 0 Å². The smallest absolute Gasteiger partial charge is 0.320 e. The van der Waals surface area contributed by atoms with Gasteiger partial charge in [0.25, 0.3) is 0 Å². The van der Waals surface area contributed by atoms with Crippen molar-refractivity contribution >= 4 is 11.8 Å². The maximum absolute atomic E-state index is 11.6. The van der Waals surface area contributed by atoms with Gasteiger partial charge in [0, 0.05) is 26.0 Å². The first-order chi connectivity index (χ1) is 8.34. The standard InChI is InChI=1S/C12H17N3O2/c16-12(15-11-3-1-2-6-13-11)14-9-10-4-7-17-8-5-10/h1-3,6,10H,4-5,7-9H2,(H2,13,14,15,16). The van der Waals surface area contributed by atoms with E-state index in [0.717, 1.165) is 26.1 Å². The van der Waals surface area contributed by atoms with Crippen molar-refractivity contribution in [1.82, 2.24) is 10.3 Å². The maximum Gasteiger partial charge on any atom is 0.320 e. The molecule has 2 N–H and O–H groups in total. The van der Waals surface area contributed by atoms with Gasteiger partial charge in [0.05, 0.1) is 0 Å². The number of nitrogens with zero attached hydrogens (tertiary/aromatic N) is 1. The van der Waals surface area contributed by atoms with E-state index in [9.17, 15) is 4.79 Å². The lowest BCUT2D eigenvalue weighted by Crippen LogP contribution is -2.35. The summed E-state index contributed by atoms with van der Waals surface area (Å²) in [6.45, 7) is 2.30. The van der Waals surface area contributed by atoms with E-state index in [2.05, 4.69) is 15.6 Å².